The first-order valence-corrected chi connectivity index (χ1v) is 11.7. The second-order valence-corrected chi connectivity index (χ2v) is 9.17. The largest absolute Gasteiger partial charge is 0.497 e. The Morgan fingerprint density at radius 3 is 2.39 bits per heavy atom. The summed E-state index contributed by atoms with van der Waals surface area (Å²) in [4.78, 5) is 14.5. The molecule has 0 aliphatic rings. The van der Waals surface area contributed by atoms with Crippen molar-refractivity contribution in [3.05, 3.63) is 89.5 Å². The highest BCUT2D eigenvalue weighted by Gasteiger charge is 2.25. The fraction of sp³-hybridized carbons (Fsp3) is 0.208. The molecule has 0 unspecified atom stereocenters. The standard InChI is InChI=1S/C24H26N2O6S/c1-17(2)32-22-11-7-10-19(15-22)24(27)26(28)25-33(29,30)23-13-12-21(31-3)16-20(23)14-18-8-5-4-6-9-18/h4-13,15-17,25,28H,14H2,1-3H3. The number of sulfonamides is 1. The summed E-state index contributed by atoms with van der Waals surface area (Å²) in [6.45, 7) is 3.67. The maximum absolute atomic E-state index is 13.1. The first kappa shape index (κ1) is 24.2. The Balaban J connectivity index is 1.86. The summed E-state index contributed by atoms with van der Waals surface area (Å²) in [5.74, 6) is -0.0444. The summed E-state index contributed by atoms with van der Waals surface area (Å²) < 4.78 is 36.9. The van der Waals surface area contributed by atoms with Gasteiger partial charge in [-0.2, -0.15) is 0 Å². The van der Waals surface area contributed by atoms with Gasteiger partial charge in [0.05, 0.1) is 18.1 Å². The number of methoxy groups -OCH3 is 1. The minimum absolute atomic E-state index is 0.0413. The van der Waals surface area contributed by atoms with Crippen LogP contribution in [0.3, 0.4) is 0 Å². The van der Waals surface area contributed by atoms with Crippen molar-refractivity contribution in [1.29, 1.82) is 0 Å². The van der Waals surface area contributed by atoms with Crippen molar-refractivity contribution in [3.63, 3.8) is 0 Å². The average molecular weight is 471 g/mol. The molecule has 8 nitrogen and oxygen atoms in total. The van der Waals surface area contributed by atoms with Crippen molar-refractivity contribution in [3.8, 4) is 11.5 Å². The third-order valence-electron chi connectivity index (χ3n) is 4.65. The minimum atomic E-state index is -4.30. The van der Waals surface area contributed by atoms with Gasteiger partial charge < -0.3 is 9.47 Å². The van der Waals surface area contributed by atoms with Crippen LogP contribution in [0.15, 0.2) is 77.7 Å². The van der Waals surface area contributed by atoms with Crippen LogP contribution in [-0.2, 0) is 16.4 Å². The predicted molar refractivity (Wildman–Crippen MR) is 123 cm³/mol. The van der Waals surface area contributed by atoms with Crippen LogP contribution in [0.25, 0.3) is 0 Å². The normalized spacial score (nSPS) is 11.3. The van der Waals surface area contributed by atoms with E-state index in [0.717, 1.165) is 5.56 Å². The molecule has 0 aliphatic heterocycles. The lowest BCUT2D eigenvalue weighted by Crippen LogP contribution is -2.44. The maximum atomic E-state index is 13.1. The summed E-state index contributed by atoms with van der Waals surface area (Å²) in [5, 5.41) is 10.2. The number of rotatable bonds is 9. The fourth-order valence-electron chi connectivity index (χ4n) is 3.20. The van der Waals surface area contributed by atoms with Gasteiger partial charge in [-0.1, -0.05) is 41.2 Å². The molecule has 33 heavy (non-hydrogen) atoms. The molecule has 0 radical (unpaired) electrons. The van der Waals surface area contributed by atoms with Gasteiger partial charge in [-0.25, -0.2) is 8.42 Å². The zero-order valence-electron chi connectivity index (χ0n) is 18.6. The molecule has 0 spiro atoms. The molecule has 0 atom stereocenters. The van der Waals surface area contributed by atoms with E-state index < -0.39 is 15.9 Å². The Kier molecular flexibility index (Phi) is 7.70. The van der Waals surface area contributed by atoms with Gasteiger partial charge in [0.1, 0.15) is 11.5 Å². The van der Waals surface area contributed by atoms with E-state index in [1.54, 1.807) is 18.2 Å². The number of carbonyl (C=O) groups excluding carboxylic acids is 1. The number of amides is 1. The molecular formula is C24H26N2O6S. The summed E-state index contributed by atoms with van der Waals surface area (Å²) in [5.41, 5.74) is 1.39. The lowest BCUT2D eigenvalue weighted by Gasteiger charge is -2.19. The zero-order valence-corrected chi connectivity index (χ0v) is 19.4. The monoisotopic (exact) mass is 470 g/mol. The zero-order chi connectivity index (χ0) is 24.0. The molecule has 0 aromatic heterocycles. The number of carbonyl (C=O) groups is 1. The van der Waals surface area contributed by atoms with E-state index >= 15 is 0 Å². The van der Waals surface area contributed by atoms with E-state index in [1.807, 2.05) is 49.0 Å². The summed E-state index contributed by atoms with van der Waals surface area (Å²) in [7, 11) is -2.81. The summed E-state index contributed by atoms with van der Waals surface area (Å²) in [6.07, 6.45) is 0.194. The van der Waals surface area contributed by atoms with Crippen molar-refractivity contribution in [2.75, 3.05) is 7.11 Å². The maximum Gasteiger partial charge on any atom is 0.293 e. The van der Waals surface area contributed by atoms with Gasteiger partial charge >= 0.3 is 0 Å². The Bertz CT molecular complexity index is 1210. The Labute approximate surface area is 193 Å². The van der Waals surface area contributed by atoms with Crippen molar-refractivity contribution < 1.29 is 27.9 Å². The lowest BCUT2D eigenvalue weighted by atomic mass is 10.0. The summed E-state index contributed by atoms with van der Waals surface area (Å²) >= 11 is 0. The van der Waals surface area contributed by atoms with Crippen LogP contribution in [0.4, 0.5) is 0 Å². The first-order valence-electron chi connectivity index (χ1n) is 10.2. The van der Waals surface area contributed by atoms with Crippen molar-refractivity contribution in [2.45, 2.75) is 31.3 Å². The van der Waals surface area contributed by atoms with Gasteiger partial charge in [-0.3, -0.25) is 10.0 Å². The smallest absolute Gasteiger partial charge is 0.293 e. The molecular weight excluding hydrogens is 444 g/mol. The predicted octanol–water partition coefficient (Wildman–Crippen LogP) is 3.80. The van der Waals surface area contributed by atoms with E-state index in [-0.39, 0.29) is 21.7 Å². The molecule has 0 heterocycles. The number of benzene rings is 3. The molecule has 2 N–H and O–H groups in total. The minimum Gasteiger partial charge on any atom is -0.497 e. The molecule has 0 saturated heterocycles. The van der Waals surface area contributed by atoms with E-state index in [2.05, 4.69) is 0 Å². The van der Waals surface area contributed by atoms with Crippen molar-refractivity contribution in [1.82, 2.24) is 10.0 Å². The number of hydrogen-bond donors (Lipinski definition) is 2. The topological polar surface area (TPSA) is 105 Å². The van der Waals surface area contributed by atoms with Gasteiger partial charge in [-0.15, -0.1) is 5.17 Å². The van der Waals surface area contributed by atoms with Crippen LogP contribution in [-0.4, -0.2) is 37.9 Å². The number of hydrazine groups is 1. The second-order valence-electron chi connectivity index (χ2n) is 7.54. The van der Waals surface area contributed by atoms with Crippen molar-refractivity contribution in [2.24, 2.45) is 0 Å². The molecule has 3 aromatic carbocycles. The molecule has 3 aromatic rings. The quantitative estimate of drug-likeness (QED) is 0.364. The number of hydrogen-bond acceptors (Lipinski definition) is 6. The number of nitrogens with zero attached hydrogens (tertiary/aromatic N) is 1. The van der Waals surface area contributed by atoms with Crippen LogP contribution in [0.5, 0.6) is 11.5 Å². The molecule has 1 amide bonds. The highest BCUT2D eigenvalue weighted by molar-refractivity contribution is 7.89. The van der Waals surface area contributed by atoms with Gasteiger partial charge in [0.15, 0.2) is 0 Å². The molecule has 0 bridgehead atoms. The van der Waals surface area contributed by atoms with Gasteiger partial charge in [-0.05, 0) is 67.8 Å². The van der Waals surface area contributed by atoms with E-state index in [0.29, 0.717) is 23.5 Å². The summed E-state index contributed by atoms with van der Waals surface area (Å²) in [6, 6.07) is 19.9. The number of nitrogens with one attached hydrogen (secondary N) is 1. The molecule has 0 aliphatic carbocycles. The Hall–Kier alpha value is -3.40. The SMILES string of the molecule is COc1ccc(S(=O)(=O)NN(O)C(=O)c2cccc(OC(C)C)c2)c(Cc2ccccc2)c1. The molecule has 0 saturated carbocycles. The number of ether oxygens (including phenoxy) is 2. The van der Waals surface area contributed by atoms with Gasteiger partial charge in [0.25, 0.3) is 15.9 Å². The highest BCUT2D eigenvalue weighted by atomic mass is 32.2. The fourth-order valence-corrected chi connectivity index (χ4v) is 4.33. The highest BCUT2D eigenvalue weighted by Crippen LogP contribution is 2.25. The van der Waals surface area contributed by atoms with E-state index in [4.69, 9.17) is 9.47 Å². The Morgan fingerprint density at radius 1 is 1.00 bits per heavy atom. The van der Waals surface area contributed by atoms with Crippen LogP contribution in [0.2, 0.25) is 0 Å². The lowest BCUT2D eigenvalue weighted by molar-refractivity contribution is -0.0761. The van der Waals surface area contributed by atoms with Crippen LogP contribution in [0.1, 0.15) is 35.3 Å². The van der Waals surface area contributed by atoms with Crippen LogP contribution < -0.4 is 14.3 Å². The third kappa shape index (κ3) is 6.32. The first-order chi connectivity index (χ1) is 15.7. The number of hydroxylamine groups is 1. The molecule has 3 rings (SSSR count). The molecule has 0 fully saturated rings. The third-order valence-corrected chi connectivity index (χ3v) is 6.04. The average Bonchev–Trinajstić information content (AvgIpc) is 2.78. The molecule has 174 valence electrons. The van der Waals surface area contributed by atoms with Crippen LogP contribution >= 0.6 is 0 Å². The van der Waals surface area contributed by atoms with E-state index in [1.165, 1.54) is 31.4 Å². The van der Waals surface area contributed by atoms with Gasteiger partial charge in [0, 0.05) is 5.56 Å². The molecule has 9 heteroatoms. The Morgan fingerprint density at radius 2 is 1.73 bits per heavy atom. The van der Waals surface area contributed by atoms with E-state index in [9.17, 15) is 18.4 Å². The second kappa shape index (κ2) is 10.5. The van der Waals surface area contributed by atoms with Crippen molar-refractivity contribution >= 4 is 15.9 Å². The van der Waals surface area contributed by atoms with Crippen LogP contribution in [0, 0.1) is 0 Å². The van der Waals surface area contributed by atoms with Gasteiger partial charge in [0.2, 0.25) is 0 Å².